The molecule has 1 aromatic carbocycles. The van der Waals surface area contributed by atoms with Crippen LogP contribution in [0.4, 0.5) is 4.39 Å². The summed E-state index contributed by atoms with van der Waals surface area (Å²) in [5, 5.41) is 2.51. The first-order valence-electron chi connectivity index (χ1n) is 11.3. The number of unbranched alkanes of at least 4 members (excludes halogenated alkanes) is 1. The van der Waals surface area contributed by atoms with Crippen molar-refractivity contribution in [2.45, 2.75) is 52.2 Å². The van der Waals surface area contributed by atoms with E-state index in [2.05, 4.69) is 10.1 Å². The van der Waals surface area contributed by atoms with Gasteiger partial charge in [-0.05, 0) is 44.5 Å². The summed E-state index contributed by atoms with van der Waals surface area (Å²) in [5.74, 6) is -1.15. The third-order valence-electron chi connectivity index (χ3n) is 5.06. The number of hydrogen-bond donors (Lipinski definition) is 2. The number of aromatic amines is 1. The maximum absolute atomic E-state index is 13.5. The molecule has 1 aromatic heterocycles. The summed E-state index contributed by atoms with van der Waals surface area (Å²) in [6, 6.07) is 3.66. The maximum Gasteiger partial charge on any atom is 0.459 e. The van der Waals surface area contributed by atoms with Crippen LogP contribution in [0, 0.1) is 12.7 Å². The van der Waals surface area contributed by atoms with Gasteiger partial charge in [0.1, 0.15) is 24.2 Å². The van der Waals surface area contributed by atoms with E-state index in [1.807, 2.05) is 6.92 Å². The highest BCUT2D eigenvalue weighted by atomic mass is 31.2. The molecule has 1 aliphatic rings. The number of hydrogen-bond acceptors (Lipinski definition) is 9. The summed E-state index contributed by atoms with van der Waals surface area (Å²) >= 11 is 0. The van der Waals surface area contributed by atoms with Crippen LogP contribution in [0.15, 0.2) is 40.1 Å². The molecule has 1 saturated heterocycles. The summed E-state index contributed by atoms with van der Waals surface area (Å²) < 4.78 is 55.1. The SMILES string of the molecule is CCCCOC(=O)[C@H](C)NP(=O)(OC[C@@H]1OC[C@H](n2cc(C)c(=O)[nH]c2=O)O1)Oc1ccc(F)cc1. The standard InChI is InChI=1S/C22H29FN3O9P/c1-4-5-10-31-21(28)15(3)25-36(30,35-17-8-6-16(23)7-9-17)33-13-19-32-12-18(34-19)26-11-14(2)20(27)24-22(26)29/h6-9,11,15,18-19H,4-5,10,12-13H2,1-3H3,(H,25,30)(H,24,27,29)/t15-,18+,19+,36?/m0/s1. The zero-order chi connectivity index (χ0) is 26.3. The van der Waals surface area contributed by atoms with Crippen LogP contribution in [-0.2, 0) is 28.1 Å². The van der Waals surface area contributed by atoms with Crippen molar-refractivity contribution in [3.8, 4) is 5.75 Å². The lowest BCUT2D eigenvalue weighted by Crippen LogP contribution is -2.36. The van der Waals surface area contributed by atoms with Crippen LogP contribution in [0.25, 0.3) is 0 Å². The summed E-state index contributed by atoms with van der Waals surface area (Å²) in [6.07, 6.45) is 0.937. The van der Waals surface area contributed by atoms with Crippen molar-refractivity contribution in [2.24, 2.45) is 0 Å². The van der Waals surface area contributed by atoms with Crippen molar-refractivity contribution in [1.29, 1.82) is 0 Å². The second-order valence-corrected chi connectivity index (χ2v) is 9.74. The van der Waals surface area contributed by atoms with Crippen molar-refractivity contribution in [1.82, 2.24) is 14.6 Å². The van der Waals surface area contributed by atoms with Gasteiger partial charge in [0.2, 0.25) is 0 Å². The Morgan fingerprint density at radius 1 is 1.33 bits per heavy atom. The van der Waals surface area contributed by atoms with Gasteiger partial charge in [-0.25, -0.2) is 13.8 Å². The average molecular weight is 529 g/mol. The van der Waals surface area contributed by atoms with E-state index < -0.39 is 55.9 Å². The van der Waals surface area contributed by atoms with E-state index in [1.165, 1.54) is 32.2 Å². The predicted octanol–water partition coefficient (Wildman–Crippen LogP) is 2.38. The number of carbonyl (C=O) groups is 1. The first-order chi connectivity index (χ1) is 17.1. The van der Waals surface area contributed by atoms with Gasteiger partial charge in [0, 0.05) is 11.8 Å². The second kappa shape index (κ2) is 12.4. The molecule has 0 spiro atoms. The Hall–Kier alpha value is -2.83. The molecular formula is C22H29FN3O9P. The number of nitrogens with zero attached hydrogens (tertiary/aromatic N) is 1. The fraction of sp³-hybridized carbons (Fsp3) is 0.500. The molecule has 198 valence electrons. The van der Waals surface area contributed by atoms with Crippen LogP contribution < -0.4 is 20.9 Å². The molecule has 0 aliphatic carbocycles. The van der Waals surface area contributed by atoms with Gasteiger partial charge in [0.15, 0.2) is 12.5 Å². The average Bonchev–Trinajstić information content (AvgIpc) is 3.30. The fourth-order valence-electron chi connectivity index (χ4n) is 3.09. The minimum absolute atomic E-state index is 0.0280. The second-order valence-electron chi connectivity index (χ2n) is 8.04. The molecule has 0 amide bonds. The van der Waals surface area contributed by atoms with E-state index in [9.17, 15) is 23.3 Å². The molecule has 0 saturated carbocycles. The third-order valence-corrected chi connectivity index (χ3v) is 6.70. The number of carbonyl (C=O) groups excluding carboxylic acids is 1. The molecule has 12 nitrogen and oxygen atoms in total. The quantitative estimate of drug-likeness (QED) is 0.239. The Kier molecular flexibility index (Phi) is 9.57. The first kappa shape index (κ1) is 27.8. The minimum Gasteiger partial charge on any atom is -0.465 e. The number of H-pyrrole nitrogens is 1. The summed E-state index contributed by atoms with van der Waals surface area (Å²) in [7, 11) is -4.22. The molecule has 0 radical (unpaired) electrons. The predicted molar refractivity (Wildman–Crippen MR) is 125 cm³/mol. The van der Waals surface area contributed by atoms with Crippen LogP contribution in [0.1, 0.15) is 38.5 Å². The third kappa shape index (κ3) is 7.58. The van der Waals surface area contributed by atoms with Crippen molar-refractivity contribution in [2.75, 3.05) is 19.8 Å². The van der Waals surface area contributed by atoms with Crippen LogP contribution in [0.5, 0.6) is 5.75 Å². The topological polar surface area (TPSA) is 147 Å². The number of esters is 1. The number of ether oxygens (including phenoxy) is 3. The lowest BCUT2D eigenvalue weighted by molar-refractivity contribution is -0.145. The van der Waals surface area contributed by atoms with E-state index in [-0.39, 0.29) is 19.0 Å². The highest BCUT2D eigenvalue weighted by Crippen LogP contribution is 2.45. The number of rotatable bonds is 12. The van der Waals surface area contributed by atoms with Gasteiger partial charge in [-0.2, -0.15) is 5.09 Å². The largest absolute Gasteiger partial charge is 0.465 e. The Morgan fingerprint density at radius 2 is 2.06 bits per heavy atom. The monoisotopic (exact) mass is 529 g/mol. The molecule has 0 bridgehead atoms. The van der Waals surface area contributed by atoms with Crippen LogP contribution in [-0.4, -0.2) is 47.7 Å². The molecule has 2 aromatic rings. The highest BCUT2D eigenvalue weighted by molar-refractivity contribution is 7.52. The van der Waals surface area contributed by atoms with Gasteiger partial charge < -0.3 is 18.7 Å². The Balaban J connectivity index is 1.68. The molecule has 1 unspecified atom stereocenters. The van der Waals surface area contributed by atoms with Gasteiger partial charge in [-0.15, -0.1) is 0 Å². The molecule has 2 heterocycles. The lowest BCUT2D eigenvalue weighted by atomic mass is 10.3. The molecular weight excluding hydrogens is 500 g/mol. The van der Waals surface area contributed by atoms with Gasteiger partial charge in [-0.3, -0.25) is 23.7 Å². The number of nitrogens with one attached hydrogen (secondary N) is 2. The fourth-order valence-corrected chi connectivity index (χ4v) is 4.57. The summed E-state index contributed by atoms with van der Waals surface area (Å²) in [4.78, 5) is 38.1. The molecule has 4 atom stereocenters. The van der Waals surface area contributed by atoms with E-state index >= 15 is 0 Å². The zero-order valence-electron chi connectivity index (χ0n) is 20.1. The van der Waals surface area contributed by atoms with E-state index in [1.54, 1.807) is 0 Å². The molecule has 1 fully saturated rings. The van der Waals surface area contributed by atoms with Gasteiger partial charge in [0.25, 0.3) is 5.56 Å². The van der Waals surface area contributed by atoms with Gasteiger partial charge in [0.05, 0.1) is 13.2 Å². The highest BCUT2D eigenvalue weighted by Gasteiger charge is 2.36. The molecule has 14 heteroatoms. The Bertz CT molecular complexity index is 1200. The van der Waals surface area contributed by atoms with Crippen LogP contribution in [0.3, 0.4) is 0 Å². The Labute approximate surface area is 206 Å². The molecule has 2 N–H and O–H groups in total. The Morgan fingerprint density at radius 3 is 2.75 bits per heavy atom. The molecule has 1 aliphatic heterocycles. The number of halogens is 1. The normalized spacial score (nSPS) is 20.0. The smallest absolute Gasteiger partial charge is 0.459 e. The molecule has 36 heavy (non-hydrogen) atoms. The van der Waals surface area contributed by atoms with Crippen molar-refractivity contribution in [3.05, 3.63) is 62.7 Å². The van der Waals surface area contributed by atoms with E-state index in [0.717, 1.165) is 23.1 Å². The van der Waals surface area contributed by atoms with Crippen molar-refractivity contribution < 1.29 is 37.0 Å². The lowest BCUT2D eigenvalue weighted by Gasteiger charge is -2.24. The first-order valence-corrected chi connectivity index (χ1v) is 12.9. The maximum atomic E-state index is 13.5. The minimum atomic E-state index is -4.22. The number of benzene rings is 1. The van der Waals surface area contributed by atoms with E-state index in [0.29, 0.717) is 12.0 Å². The number of aryl methyl sites for hydroxylation is 1. The van der Waals surface area contributed by atoms with Crippen molar-refractivity contribution in [3.63, 3.8) is 0 Å². The zero-order valence-corrected chi connectivity index (χ0v) is 21.0. The summed E-state index contributed by atoms with van der Waals surface area (Å²) in [6.45, 7) is 4.67. The van der Waals surface area contributed by atoms with Crippen molar-refractivity contribution >= 4 is 13.7 Å². The molecule has 3 rings (SSSR count). The van der Waals surface area contributed by atoms with Gasteiger partial charge in [-0.1, -0.05) is 13.3 Å². The van der Waals surface area contributed by atoms with E-state index in [4.69, 9.17) is 23.3 Å². The summed E-state index contributed by atoms with van der Waals surface area (Å²) in [5.41, 5.74) is -0.885. The van der Waals surface area contributed by atoms with Crippen LogP contribution >= 0.6 is 7.75 Å². The number of aromatic nitrogens is 2. The van der Waals surface area contributed by atoms with Crippen LogP contribution in [0.2, 0.25) is 0 Å². The van der Waals surface area contributed by atoms with Gasteiger partial charge >= 0.3 is 19.4 Å².